The highest BCUT2D eigenvalue weighted by Gasteiger charge is 2.36. The third-order valence-corrected chi connectivity index (χ3v) is 6.39. The lowest BCUT2D eigenvalue weighted by atomic mass is 9.96. The molecule has 0 bridgehead atoms. The van der Waals surface area contributed by atoms with Crippen LogP contribution in [0.25, 0.3) is 16.9 Å². The van der Waals surface area contributed by atoms with Crippen LogP contribution in [0.3, 0.4) is 0 Å². The summed E-state index contributed by atoms with van der Waals surface area (Å²) in [7, 11) is 0. The summed E-state index contributed by atoms with van der Waals surface area (Å²) < 4.78 is 15.6. The number of para-hydroxylation sites is 1. The second kappa shape index (κ2) is 9.62. The zero-order valence-electron chi connectivity index (χ0n) is 19.8. The number of pyridine rings is 1. The van der Waals surface area contributed by atoms with E-state index in [9.17, 15) is 9.18 Å². The lowest BCUT2D eigenvalue weighted by Crippen LogP contribution is -2.27. The van der Waals surface area contributed by atoms with Crippen molar-refractivity contribution >= 4 is 11.6 Å². The zero-order valence-corrected chi connectivity index (χ0v) is 19.8. The van der Waals surface area contributed by atoms with Gasteiger partial charge >= 0.3 is 0 Å². The van der Waals surface area contributed by atoms with E-state index in [1.807, 2.05) is 66.9 Å². The van der Waals surface area contributed by atoms with Crippen molar-refractivity contribution in [1.82, 2.24) is 19.8 Å². The zero-order chi connectivity index (χ0) is 25.2. The maximum absolute atomic E-state index is 13.8. The third-order valence-electron chi connectivity index (χ3n) is 6.39. The van der Waals surface area contributed by atoms with Crippen molar-refractivity contribution in [2.45, 2.75) is 12.5 Å². The quantitative estimate of drug-likeness (QED) is 0.303. The Morgan fingerprint density at radius 3 is 2.19 bits per heavy atom. The first-order valence-corrected chi connectivity index (χ1v) is 11.9. The minimum atomic E-state index is -0.409. The van der Waals surface area contributed by atoms with Crippen LogP contribution < -0.4 is 0 Å². The van der Waals surface area contributed by atoms with E-state index in [-0.39, 0.29) is 11.7 Å². The van der Waals surface area contributed by atoms with E-state index >= 15 is 0 Å². The molecule has 6 nitrogen and oxygen atoms in total. The largest absolute Gasteiger partial charge is 0.274 e. The van der Waals surface area contributed by atoms with Gasteiger partial charge in [-0.05, 0) is 54.1 Å². The Hall–Kier alpha value is -4.91. The number of benzene rings is 3. The molecule has 1 amide bonds. The summed E-state index contributed by atoms with van der Waals surface area (Å²) in [6.07, 6.45) is 5.64. The number of hydrogen-bond donors (Lipinski definition) is 0. The molecule has 2 aromatic heterocycles. The number of aromatic nitrogens is 3. The number of carbonyl (C=O) groups excluding carboxylic acids is 1. The number of carbonyl (C=O) groups is 1. The second-order valence-corrected chi connectivity index (χ2v) is 8.74. The summed E-state index contributed by atoms with van der Waals surface area (Å²) in [5.41, 5.74) is 5.40. The van der Waals surface area contributed by atoms with E-state index in [0.29, 0.717) is 17.7 Å². The molecule has 0 N–H and O–H groups in total. The van der Waals surface area contributed by atoms with Gasteiger partial charge < -0.3 is 0 Å². The summed E-state index contributed by atoms with van der Waals surface area (Å²) in [6, 6.07) is 28.8. The number of nitrogens with zero attached hydrogens (tertiary/aromatic N) is 5. The molecule has 0 fully saturated rings. The van der Waals surface area contributed by atoms with Gasteiger partial charge in [0.2, 0.25) is 0 Å². The lowest BCUT2D eigenvalue weighted by molar-refractivity contribution is 0.0711. The van der Waals surface area contributed by atoms with Crippen molar-refractivity contribution in [2.24, 2.45) is 5.10 Å². The fraction of sp³-hybridized carbons (Fsp3) is 0.0667. The molecule has 0 aliphatic carbocycles. The molecule has 6 rings (SSSR count). The van der Waals surface area contributed by atoms with Crippen LogP contribution in [-0.2, 0) is 0 Å². The normalized spacial score (nSPS) is 15.0. The summed E-state index contributed by atoms with van der Waals surface area (Å²) in [6.45, 7) is 0. The number of amides is 1. The van der Waals surface area contributed by atoms with Gasteiger partial charge in [-0.25, -0.2) is 14.1 Å². The molecule has 3 aromatic carbocycles. The van der Waals surface area contributed by atoms with Gasteiger partial charge in [0.1, 0.15) is 5.82 Å². The van der Waals surface area contributed by atoms with Gasteiger partial charge in [0.15, 0.2) is 0 Å². The van der Waals surface area contributed by atoms with E-state index in [0.717, 1.165) is 28.1 Å². The van der Waals surface area contributed by atoms with Crippen molar-refractivity contribution in [3.8, 4) is 16.9 Å². The van der Waals surface area contributed by atoms with E-state index in [1.54, 1.807) is 41.3 Å². The van der Waals surface area contributed by atoms with Crippen molar-refractivity contribution in [2.75, 3.05) is 0 Å². The third kappa shape index (κ3) is 4.43. The van der Waals surface area contributed by atoms with Crippen LogP contribution in [0.1, 0.15) is 33.9 Å². The van der Waals surface area contributed by atoms with Crippen LogP contribution in [0.5, 0.6) is 0 Å². The summed E-state index contributed by atoms with van der Waals surface area (Å²) >= 11 is 0. The minimum Gasteiger partial charge on any atom is -0.267 e. The molecule has 1 aliphatic rings. The highest BCUT2D eigenvalue weighted by atomic mass is 19.1. The summed E-state index contributed by atoms with van der Waals surface area (Å²) in [5, 5.41) is 11.2. The Balaban J connectivity index is 1.49. The van der Waals surface area contributed by atoms with Crippen LogP contribution >= 0.6 is 0 Å². The Morgan fingerprint density at radius 2 is 1.49 bits per heavy atom. The number of hydrogen-bond acceptors (Lipinski definition) is 4. The SMILES string of the molecule is O=C(c1ccncc1)N1N=C(c2ccccc2)CC1c1cn(-c2ccccc2)nc1-c1ccc(F)cc1. The van der Waals surface area contributed by atoms with E-state index in [4.69, 9.17) is 10.2 Å². The molecule has 1 unspecified atom stereocenters. The monoisotopic (exact) mass is 487 g/mol. The fourth-order valence-electron chi connectivity index (χ4n) is 4.55. The molecule has 0 saturated carbocycles. The van der Waals surface area contributed by atoms with Crippen molar-refractivity contribution in [3.63, 3.8) is 0 Å². The highest BCUT2D eigenvalue weighted by molar-refractivity contribution is 6.05. The van der Waals surface area contributed by atoms with Crippen molar-refractivity contribution in [3.05, 3.63) is 138 Å². The molecule has 3 heterocycles. The molecule has 0 radical (unpaired) electrons. The number of hydrazone groups is 1. The van der Waals surface area contributed by atoms with Crippen LogP contribution in [-0.4, -0.2) is 31.4 Å². The van der Waals surface area contributed by atoms with Crippen LogP contribution in [0.2, 0.25) is 0 Å². The lowest BCUT2D eigenvalue weighted by Gasteiger charge is -2.22. The van der Waals surface area contributed by atoms with Crippen molar-refractivity contribution < 1.29 is 9.18 Å². The summed E-state index contributed by atoms with van der Waals surface area (Å²) in [4.78, 5) is 17.7. The molecular formula is C30H22FN5O. The fourth-order valence-corrected chi connectivity index (χ4v) is 4.55. The minimum absolute atomic E-state index is 0.226. The topological polar surface area (TPSA) is 63.4 Å². The summed E-state index contributed by atoms with van der Waals surface area (Å²) in [5.74, 6) is -0.548. The molecule has 5 aromatic rings. The molecule has 1 aliphatic heterocycles. The number of rotatable bonds is 5. The molecule has 7 heteroatoms. The molecule has 0 spiro atoms. The van der Waals surface area contributed by atoms with E-state index < -0.39 is 6.04 Å². The Kier molecular flexibility index (Phi) is 5.86. The molecule has 180 valence electrons. The Morgan fingerprint density at radius 1 is 0.811 bits per heavy atom. The molecule has 1 atom stereocenters. The van der Waals surface area contributed by atoms with Gasteiger partial charge in [-0.2, -0.15) is 10.2 Å². The van der Waals surface area contributed by atoms with Crippen LogP contribution in [0.4, 0.5) is 4.39 Å². The van der Waals surface area contributed by atoms with Gasteiger partial charge in [0.05, 0.1) is 23.1 Å². The van der Waals surface area contributed by atoms with Gasteiger partial charge in [-0.1, -0.05) is 48.5 Å². The smallest absolute Gasteiger partial charge is 0.267 e. The predicted octanol–water partition coefficient (Wildman–Crippen LogP) is 6.06. The predicted molar refractivity (Wildman–Crippen MR) is 140 cm³/mol. The van der Waals surface area contributed by atoms with Gasteiger partial charge in [0, 0.05) is 41.7 Å². The Labute approximate surface area is 213 Å². The van der Waals surface area contributed by atoms with E-state index in [1.165, 1.54) is 17.1 Å². The maximum Gasteiger partial charge on any atom is 0.274 e. The Bertz CT molecular complexity index is 1570. The average Bonchev–Trinajstić information content (AvgIpc) is 3.60. The standard InChI is InChI=1S/C30H22FN5O/c31-24-13-11-22(12-14-24)29-26(20-35(34-29)25-9-5-2-6-10-25)28-19-27(21-7-3-1-4-8-21)33-36(28)30(37)23-15-17-32-18-16-23/h1-18,20,28H,19H2. The van der Waals surface area contributed by atoms with Crippen LogP contribution in [0.15, 0.2) is 121 Å². The molecular weight excluding hydrogens is 465 g/mol. The molecule has 0 saturated heterocycles. The first-order valence-electron chi connectivity index (χ1n) is 11.9. The first kappa shape index (κ1) is 22.5. The number of halogens is 1. The van der Waals surface area contributed by atoms with Crippen LogP contribution in [0, 0.1) is 5.82 Å². The first-order chi connectivity index (χ1) is 18.2. The highest BCUT2D eigenvalue weighted by Crippen LogP contribution is 2.39. The molecule has 37 heavy (non-hydrogen) atoms. The van der Waals surface area contributed by atoms with Gasteiger partial charge in [-0.15, -0.1) is 0 Å². The van der Waals surface area contributed by atoms with Gasteiger partial charge in [-0.3, -0.25) is 9.78 Å². The van der Waals surface area contributed by atoms with E-state index in [2.05, 4.69) is 4.98 Å². The van der Waals surface area contributed by atoms with Gasteiger partial charge in [0.25, 0.3) is 5.91 Å². The van der Waals surface area contributed by atoms with Crippen molar-refractivity contribution in [1.29, 1.82) is 0 Å². The second-order valence-electron chi connectivity index (χ2n) is 8.74. The average molecular weight is 488 g/mol. The maximum atomic E-state index is 13.8.